The minimum atomic E-state index is -3.49. The largest absolute Gasteiger partial charge is 0.378 e. The van der Waals surface area contributed by atoms with Crippen molar-refractivity contribution in [2.45, 2.75) is 37.1 Å². The summed E-state index contributed by atoms with van der Waals surface area (Å²) in [7, 11) is -3.49. The first-order valence-electron chi connectivity index (χ1n) is 9.78. The first-order valence-corrected chi connectivity index (χ1v) is 11.2. The Balaban J connectivity index is 1.74. The maximum Gasteiger partial charge on any atom is 0.243 e. The van der Waals surface area contributed by atoms with E-state index in [9.17, 15) is 12.8 Å². The maximum absolute atomic E-state index is 13.3. The molecule has 4 rings (SSSR count). The number of sulfonamides is 1. The smallest absolute Gasteiger partial charge is 0.243 e. The Labute approximate surface area is 166 Å². The summed E-state index contributed by atoms with van der Waals surface area (Å²) in [6, 6.07) is 12.1. The SMILES string of the molecule is CCN(CC)S(=O)(=O)c1ccc2c(c1)C1C=CCC1C(c1ccc(F)cc1)N2. The number of hydrogen-bond acceptors (Lipinski definition) is 3. The number of hydrogen-bond donors (Lipinski definition) is 1. The summed E-state index contributed by atoms with van der Waals surface area (Å²) < 4.78 is 40.7. The molecular weight excluding hydrogens is 375 g/mol. The molecule has 0 fully saturated rings. The van der Waals surface area contributed by atoms with Gasteiger partial charge >= 0.3 is 0 Å². The minimum Gasteiger partial charge on any atom is -0.378 e. The second kappa shape index (κ2) is 7.33. The van der Waals surface area contributed by atoms with Gasteiger partial charge in [-0.2, -0.15) is 4.31 Å². The van der Waals surface area contributed by atoms with Crippen molar-refractivity contribution in [3.63, 3.8) is 0 Å². The molecule has 0 spiro atoms. The summed E-state index contributed by atoms with van der Waals surface area (Å²) in [6.07, 6.45) is 5.25. The van der Waals surface area contributed by atoms with E-state index in [1.165, 1.54) is 16.4 Å². The average Bonchev–Trinajstić information content (AvgIpc) is 3.18. The zero-order valence-corrected chi connectivity index (χ0v) is 16.9. The Kier molecular flexibility index (Phi) is 5.02. The molecule has 2 aromatic carbocycles. The first-order chi connectivity index (χ1) is 13.5. The quantitative estimate of drug-likeness (QED) is 0.741. The van der Waals surface area contributed by atoms with E-state index in [2.05, 4.69) is 17.5 Å². The van der Waals surface area contributed by atoms with E-state index in [0.29, 0.717) is 18.0 Å². The van der Waals surface area contributed by atoms with Crippen molar-refractivity contribution >= 4 is 15.7 Å². The molecular formula is C22H25FN2O2S. The molecule has 0 amide bonds. The Morgan fingerprint density at radius 3 is 2.50 bits per heavy atom. The standard InChI is InChI=1S/C22H25FN2O2S/c1-3-25(4-2)28(26,27)17-12-13-21-20(14-17)18-6-5-7-19(18)22(24-21)15-8-10-16(23)11-9-15/h5-6,8-14,18-19,22,24H,3-4,7H2,1-2H3. The molecule has 3 unspecified atom stereocenters. The van der Waals surface area contributed by atoms with Crippen LogP contribution in [0.15, 0.2) is 59.5 Å². The van der Waals surface area contributed by atoms with Crippen LogP contribution in [0.5, 0.6) is 0 Å². The van der Waals surface area contributed by atoms with Crippen molar-refractivity contribution in [3.05, 3.63) is 71.6 Å². The number of anilines is 1. The maximum atomic E-state index is 13.3. The summed E-state index contributed by atoms with van der Waals surface area (Å²) in [5, 5.41) is 3.57. The van der Waals surface area contributed by atoms with Gasteiger partial charge in [0.25, 0.3) is 0 Å². The zero-order chi connectivity index (χ0) is 19.9. The van der Waals surface area contributed by atoms with E-state index in [1.807, 2.05) is 38.1 Å². The van der Waals surface area contributed by atoms with Gasteiger partial charge in [0.2, 0.25) is 10.0 Å². The summed E-state index contributed by atoms with van der Waals surface area (Å²) in [6.45, 7) is 4.60. The van der Waals surface area contributed by atoms with Crippen LogP contribution in [0.3, 0.4) is 0 Å². The van der Waals surface area contributed by atoms with Gasteiger partial charge < -0.3 is 5.32 Å². The molecule has 148 valence electrons. The van der Waals surface area contributed by atoms with E-state index < -0.39 is 10.0 Å². The predicted molar refractivity (Wildman–Crippen MR) is 109 cm³/mol. The van der Waals surface area contributed by atoms with Crippen LogP contribution in [0.2, 0.25) is 0 Å². The van der Waals surface area contributed by atoms with Crippen LogP contribution in [0.25, 0.3) is 0 Å². The van der Waals surface area contributed by atoms with Gasteiger partial charge in [0.05, 0.1) is 10.9 Å². The first kappa shape index (κ1) is 19.2. The molecule has 1 heterocycles. The molecule has 0 bridgehead atoms. The van der Waals surface area contributed by atoms with E-state index in [4.69, 9.17) is 0 Å². The lowest BCUT2D eigenvalue weighted by atomic mass is 9.77. The fraction of sp³-hybridized carbons (Fsp3) is 0.364. The highest BCUT2D eigenvalue weighted by atomic mass is 32.2. The lowest BCUT2D eigenvalue weighted by Crippen LogP contribution is -2.32. The second-order valence-corrected chi connectivity index (χ2v) is 9.30. The number of rotatable bonds is 5. The normalized spacial score (nSPS) is 23.4. The van der Waals surface area contributed by atoms with Crippen LogP contribution in [-0.4, -0.2) is 25.8 Å². The summed E-state index contributed by atoms with van der Waals surface area (Å²) in [4.78, 5) is 0.344. The molecule has 4 nitrogen and oxygen atoms in total. The Morgan fingerprint density at radius 1 is 1.11 bits per heavy atom. The van der Waals surface area contributed by atoms with Gasteiger partial charge in [-0.05, 0) is 53.8 Å². The van der Waals surface area contributed by atoms with Gasteiger partial charge in [-0.1, -0.05) is 38.1 Å². The number of allylic oxidation sites excluding steroid dienone is 2. The zero-order valence-electron chi connectivity index (χ0n) is 16.1. The average molecular weight is 401 g/mol. The molecule has 3 atom stereocenters. The van der Waals surface area contributed by atoms with Gasteiger partial charge in [-0.3, -0.25) is 0 Å². The van der Waals surface area contributed by atoms with Gasteiger partial charge in [-0.15, -0.1) is 0 Å². The summed E-state index contributed by atoms with van der Waals surface area (Å²) >= 11 is 0. The minimum absolute atomic E-state index is 0.0679. The van der Waals surface area contributed by atoms with Crippen molar-refractivity contribution in [1.29, 1.82) is 0 Å². The molecule has 2 aliphatic rings. The highest BCUT2D eigenvalue weighted by molar-refractivity contribution is 7.89. The molecule has 0 radical (unpaired) electrons. The fourth-order valence-electron chi connectivity index (χ4n) is 4.45. The number of fused-ring (bicyclic) bond motifs is 3. The monoisotopic (exact) mass is 400 g/mol. The molecule has 0 saturated carbocycles. The predicted octanol–water partition coefficient (Wildman–Crippen LogP) is 4.68. The van der Waals surface area contributed by atoms with Crippen LogP contribution in [-0.2, 0) is 10.0 Å². The molecule has 1 aliphatic carbocycles. The lowest BCUT2D eigenvalue weighted by Gasteiger charge is -2.38. The van der Waals surface area contributed by atoms with Gasteiger partial charge in [0, 0.05) is 24.7 Å². The van der Waals surface area contributed by atoms with Crippen LogP contribution in [0.1, 0.15) is 43.4 Å². The molecule has 1 N–H and O–H groups in total. The summed E-state index contributed by atoms with van der Waals surface area (Å²) in [5.41, 5.74) is 3.01. The van der Waals surface area contributed by atoms with E-state index in [1.54, 1.807) is 6.07 Å². The molecule has 28 heavy (non-hydrogen) atoms. The molecule has 6 heteroatoms. The van der Waals surface area contributed by atoms with Crippen molar-refractivity contribution in [3.8, 4) is 0 Å². The van der Waals surface area contributed by atoms with Gasteiger partial charge in [-0.25, -0.2) is 12.8 Å². The summed E-state index contributed by atoms with van der Waals surface area (Å²) in [5.74, 6) is 0.190. The third-order valence-corrected chi connectivity index (χ3v) is 7.95. The number of nitrogens with one attached hydrogen (secondary N) is 1. The van der Waals surface area contributed by atoms with Crippen LogP contribution in [0, 0.1) is 11.7 Å². The molecule has 0 aromatic heterocycles. The van der Waals surface area contributed by atoms with Crippen molar-refractivity contribution < 1.29 is 12.8 Å². The van der Waals surface area contributed by atoms with Gasteiger partial charge in [0.15, 0.2) is 0 Å². The number of nitrogens with zero attached hydrogens (tertiary/aromatic N) is 1. The lowest BCUT2D eigenvalue weighted by molar-refractivity contribution is 0.423. The third kappa shape index (κ3) is 3.14. The van der Waals surface area contributed by atoms with E-state index in [-0.39, 0.29) is 23.7 Å². The molecule has 1 aliphatic heterocycles. The Morgan fingerprint density at radius 2 is 1.82 bits per heavy atom. The molecule has 2 aromatic rings. The Hall–Kier alpha value is -2.18. The topological polar surface area (TPSA) is 49.4 Å². The van der Waals surface area contributed by atoms with Crippen LogP contribution < -0.4 is 5.32 Å². The van der Waals surface area contributed by atoms with Crippen molar-refractivity contribution in [1.82, 2.24) is 4.31 Å². The van der Waals surface area contributed by atoms with Crippen molar-refractivity contribution in [2.24, 2.45) is 5.92 Å². The van der Waals surface area contributed by atoms with E-state index in [0.717, 1.165) is 23.2 Å². The van der Waals surface area contributed by atoms with Crippen LogP contribution >= 0.6 is 0 Å². The highest BCUT2D eigenvalue weighted by Gasteiger charge is 2.38. The number of benzene rings is 2. The van der Waals surface area contributed by atoms with E-state index >= 15 is 0 Å². The van der Waals surface area contributed by atoms with Gasteiger partial charge in [0.1, 0.15) is 5.82 Å². The highest BCUT2D eigenvalue weighted by Crippen LogP contribution is 2.50. The fourth-order valence-corrected chi connectivity index (χ4v) is 5.94. The number of halogens is 1. The third-order valence-electron chi connectivity index (χ3n) is 5.91. The Bertz CT molecular complexity index is 998. The second-order valence-electron chi connectivity index (χ2n) is 7.37. The van der Waals surface area contributed by atoms with Crippen LogP contribution in [0.4, 0.5) is 10.1 Å². The molecule has 0 saturated heterocycles. The van der Waals surface area contributed by atoms with Crippen molar-refractivity contribution in [2.75, 3.05) is 18.4 Å².